The van der Waals surface area contributed by atoms with Gasteiger partial charge in [0.25, 0.3) is 5.91 Å². The molecule has 0 aromatic carbocycles. The molecule has 0 saturated carbocycles. The Labute approximate surface area is 90.4 Å². The lowest BCUT2D eigenvalue weighted by atomic mass is 10.2. The lowest BCUT2D eigenvalue weighted by Gasteiger charge is -2.02. The molecule has 80 valence electrons. The van der Waals surface area contributed by atoms with Gasteiger partial charge in [0, 0.05) is 18.6 Å². The van der Waals surface area contributed by atoms with Crippen LogP contribution in [0.3, 0.4) is 0 Å². The van der Waals surface area contributed by atoms with Crippen molar-refractivity contribution < 1.29 is 9.18 Å². The minimum absolute atomic E-state index is 0.130. The third-order valence-electron chi connectivity index (χ3n) is 1.77. The highest BCUT2D eigenvalue weighted by molar-refractivity contribution is 6.03. The first kappa shape index (κ1) is 10.2. The number of pyridine rings is 1. The van der Waals surface area contributed by atoms with Crippen LogP contribution in [0, 0.1) is 5.82 Å². The Kier molecular flexibility index (Phi) is 2.81. The van der Waals surface area contributed by atoms with Crippen LogP contribution in [-0.4, -0.2) is 20.9 Å². The largest absolute Gasteiger partial charge is 0.305 e. The van der Waals surface area contributed by atoms with Crippen molar-refractivity contribution in [3.05, 3.63) is 48.4 Å². The first-order chi connectivity index (χ1) is 7.75. The maximum atomic E-state index is 12.8. The molecule has 0 spiro atoms. The van der Waals surface area contributed by atoms with Crippen LogP contribution in [0.2, 0.25) is 0 Å². The van der Waals surface area contributed by atoms with E-state index < -0.39 is 11.7 Å². The maximum Gasteiger partial charge on any atom is 0.258 e. The van der Waals surface area contributed by atoms with Gasteiger partial charge in [0.1, 0.15) is 5.82 Å². The van der Waals surface area contributed by atoms with Crippen molar-refractivity contribution in [1.82, 2.24) is 15.0 Å². The number of nitrogens with one attached hydrogen (secondary N) is 1. The van der Waals surface area contributed by atoms with E-state index in [9.17, 15) is 9.18 Å². The number of halogens is 1. The van der Waals surface area contributed by atoms with E-state index in [1.807, 2.05) is 0 Å². The molecule has 0 radical (unpaired) electrons. The first-order valence-electron chi connectivity index (χ1n) is 4.43. The van der Waals surface area contributed by atoms with Crippen LogP contribution in [0.4, 0.5) is 10.2 Å². The summed E-state index contributed by atoms with van der Waals surface area (Å²) in [6.45, 7) is 0. The Morgan fingerprint density at radius 3 is 2.75 bits per heavy atom. The summed E-state index contributed by atoms with van der Waals surface area (Å²) in [5.74, 6) is -0.740. The van der Waals surface area contributed by atoms with Crippen LogP contribution in [0.15, 0.2) is 37.1 Å². The molecule has 2 aromatic rings. The summed E-state index contributed by atoms with van der Waals surface area (Å²) in [6.07, 6.45) is 6.62. The Morgan fingerprint density at radius 2 is 2.06 bits per heavy atom. The molecule has 0 aliphatic carbocycles. The first-order valence-corrected chi connectivity index (χ1v) is 4.43. The van der Waals surface area contributed by atoms with Crippen molar-refractivity contribution in [2.75, 3.05) is 5.32 Å². The molecule has 2 rings (SSSR count). The minimum atomic E-state index is -0.563. The quantitative estimate of drug-likeness (QED) is 0.824. The summed E-state index contributed by atoms with van der Waals surface area (Å²) in [4.78, 5) is 22.8. The highest BCUT2D eigenvalue weighted by Gasteiger charge is 2.07. The average molecular weight is 218 g/mol. The van der Waals surface area contributed by atoms with Crippen molar-refractivity contribution in [2.24, 2.45) is 0 Å². The molecule has 6 heteroatoms. The summed E-state index contributed by atoms with van der Waals surface area (Å²) in [6, 6.07) is 1.10. The minimum Gasteiger partial charge on any atom is -0.305 e. The zero-order valence-corrected chi connectivity index (χ0v) is 8.09. The molecule has 5 nitrogen and oxygen atoms in total. The molecule has 2 heterocycles. The van der Waals surface area contributed by atoms with Crippen LogP contribution in [0.5, 0.6) is 0 Å². The summed E-state index contributed by atoms with van der Waals surface area (Å²) in [5.41, 5.74) is 0.130. The van der Waals surface area contributed by atoms with E-state index >= 15 is 0 Å². The van der Waals surface area contributed by atoms with Crippen molar-refractivity contribution in [3.8, 4) is 0 Å². The molecule has 0 fully saturated rings. The fraction of sp³-hybridized carbons (Fsp3) is 0. The number of carbonyl (C=O) groups is 1. The molecule has 16 heavy (non-hydrogen) atoms. The number of hydrogen-bond donors (Lipinski definition) is 1. The number of rotatable bonds is 2. The number of carbonyl (C=O) groups excluding carboxylic acids is 1. The third kappa shape index (κ3) is 2.35. The van der Waals surface area contributed by atoms with Gasteiger partial charge in [0.2, 0.25) is 0 Å². The Hall–Kier alpha value is -2.37. The smallest absolute Gasteiger partial charge is 0.258 e. The van der Waals surface area contributed by atoms with E-state index in [-0.39, 0.29) is 5.56 Å². The van der Waals surface area contributed by atoms with E-state index in [0.717, 1.165) is 12.3 Å². The number of amides is 1. The second-order valence-corrected chi connectivity index (χ2v) is 2.94. The molecule has 0 unspecified atom stereocenters. The highest BCUT2D eigenvalue weighted by atomic mass is 19.1. The monoisotopic (exact) mass is 218 g/mol. The zero-order chi connectivity index (χ0) is 11.4. The van der Waals surface area contributed by atoms with Crippen molar-refractivity contribution >= 4 is 11.7 Å². The van der Waals surface area contributed by atoms with Crippen molar-refractivity contribution in [3.63, 3.8) is 0 Å². The van der Waals surface area contributed by atoms with Gasteiger partial charge in [-0.25, -0.2) is 9.37 Å². The maximum absolute atomic E-state index is 12.8. The van der Waals surface area contributed by atoms with Crippen LogP contribution in [0.1, 0.15) is 10.4 Å². The lowest BCUT2D eigenvalue weighted by molar-refractivity contribution is 0.102. The molecule has 0 bridgehead atoms. The van der Waals surface area contributed by atoms with Crippen molar-refractivity contribution in [2.45, 2.75) is 0 Å². The fourth-order valence-electron chi connectivity index (χ4n) is 1.09. The van der Waals surface area contributed by atoms with E-state index in [4.69, 9.17) is 0 Å². The topological polar surface area (TPSA) is 67.8 Å². The molecule has 0 aliphatic rings. The predicted octanol–water partition coefficient (Wildman–Crippen LogP) is 1.26. The van der Waals surface area contributed by atoms with Crippen molar-refractivity contribution in [1.29, 1.82) is 0 Å². The van der Waals surface area contributed by atoms with E-state index in [1.54, 1.807) is 0 Å². The Bertz CT molecular complexity index is 503. The van der Waals surface area contributed by atoms with Crippen LogP contribution in [0.25, 0.3) is 0 Å². The predicted molar refractivity (Wildman–Crippen MR) is 54.2 cm³/mol. The summed E-state index contributed by atoms with van der Waals surface area (Å²) < 4.78 is 12.8. The molecular weight excluding hydrogens is 211 g/mol. The molecule has 1 N–H and O–H groups in total. The fourth-order valence-corrected chi connectivity index (χ4v) is 1.09. The molecule has 1 amide bonds. The van der Waals surface area contributed by atoms with Gasteiger partial charge < -0.3 is 5.32 Å². The SMILES string of the molecule is O=C(Nc1cnccn1)c1cncc(F)c1. The standard InChI is InChI=1S/C10H7FN4O/c11-8-3-7(4-13-5-8)10(16)15-9-6-12-1-2-14-9/h1-6H,(H,14,15,16). The summed E-state index contributed by atoms with van der Waals surface area (Å²) in [5, 5.41) is 2.47. The van der Waals surface area contributed by atoms with Gasteiger partial charge >= 0.3 is 0 Å². The van der Waals surface area contributed by atoms with Gasteiger partial charge in [-0.3, -0.25) is 14.8 Å². The average Bonchev–Trinajstić information content (AvgIpc) is 2.30. The van der Waals surface area contributed by atoms with Crippen LogP contribution in [-0.2, 0) is 0 Å². The van der Waals surface area contributed by atoms with Gasteiger partial charge in [-0.15, -0.1) is 0 Å². The van der Waals surface area contributed by atoms with E-state index in [2.05, 4.69) is 20.3 Å². The van der Waals surface area contributed by atoms with Gasteiger partial charge in [-0.1, -0.05) is 0 Å². The van der Waals surface area contributed by atoms with Gasteiger partial charge in [-0.2, -0.15) is 0 Å². The number of anilines is 1. The Balaban J connectivity index is 2.15. The molecular formula is C10H7FN4O. The number of hydrogen-bond acceptors (Lipinski definition) is 4. The highest BCUT2D eigenvalue weighted by Crippen LogP contribution is 2.04. The molecule has 2 aromatic heterocycles. The van der Waals surface area contributed by atoms with Crippen LogP contribution < -0.4 is 5.32 Å². The van der Waals surface area contributed by atoms with Crippen LogP contribution >= 0.6 is 0 Å². The lowest BCUT2D eigenvalue weighted by Crippen LogP contribution is -2.13. The second-order valence-electron chi connectivity index (χ2n) is 2.94. The van der Waals surface area contributed by atoms with Gasteiger partial charge in [0.15, 0.2) is 5.82 Å². The van der Waals surface area contributed by atoms with Gasteiger partial charge in [-0.05, 0) is 6.07 Å². The van der Waals surface area contributed by atoms with Gasteiger partial charge in [0.05, 0.1) is 18.0 Å². The zero-order valence-electron chi connectivity index (χ0n) is 8.09. The summed E-state index contributed by atoms with van der Waals surface area (Å²) in [7, 11) is 0. The second kappa shape index (κ2) is 4.43. The summed E-state index contributed by atoms with van der Waals surface area (Å²) >= 11 is 0. The molecule has 0 aliphatic heterocycles. The third-order valence-corrected chi connectivity index (χ3v) is 1.77. The molecule has 0 atom stereocenters. The molecule has 0 saturated heterocycles. The Morgan fingerprint density at radius 1 is 1.19 bits per heavy atom. The van der Waals surface area contributed by atoms with E-state index in [1.165, 1.54) is 24.8 Å². The normalized spacial score (nSPS) is 9.81. The number of nitrogens with zero attached hydrogens (tertiary/aromatic N) is 3. The number of aromatic nitrogens is 3. The van der Waals surface area contributed by atoms with E-state index in [0.29, 0.717) is 5.82 Å².